The molecule has 5 heteroatoms. The number of fused-ring (bicyclic) bond motifs is 1. The van der Waals surface area contributed by atoms with E-state index >= 15 is 0 Å². The van der Waals surface area contributed by atoms with E-state index < -0.39 is 0 Å². The second-order valence-electron chi connectivity index (χ2n) is 6.32. The van der Waals surface area contributed by atoms with E-state index in [1.165, 1.54) is 11.1 Å². The zero-order valence-corrected chi connectivity index (χ0v) is 15.2. The molecule has 0 atom stereocenters. The summed E-state index contributed by atoms with van der Waals surface area (Å²) in [5.74, 6) is 0.797. The van der Waals surface area contributed by atoms with Gasteiger partial charge in [0.1, 0.15) is 5.75 Å². The normalized spacial score (nSPS) is 14.4. The summed E-state index contributed by atoms with van der Waals surface area (Å²) in [6, 6.07) is 13.2. The highest BCUT2D eigenvalue weighted by Gasteiger charge is 2.20. The number of nitrogens with one attached hydrogen (secondary N) is 1. The number of ether oxygens (including phenoxy) is 1. The van der Waals surface area contributed by atoms with Crippen LogP contribution < -0.4 is 4.74 Å². The Hall–Kier alpha value is -2.72. The first-order valence-electron chi connectivity index (χ1n) is 8.55. The first-order chi connectivity index (χ1) is 12.7. The van der Waals surface area contributed by atoms with E-state index in [1.807, 2.05) is 47.5 Å². The molecule has 1 aliphatic rings. The molecule has 2 heterocycles. The zero-order chi connectivity index (χ0) is 18.1. The Morgan fingerprint density at radius 2 is 2.00 bits per heavy atom. The lowest BCUT2D eigenvalue weighted by atomic mass is 9.98. The van der Waals surface area contributed by atoms with Gasteiger partial charge in [-0.05, 0) is 42.3 Å². The Labute approximate surface area is 157 Å². The molecule has 0 saturated heterocycles. The number of rotatable bonds is 3. The number of para-hydroxylation sites is 1. The van der Waals surface area contributed by atoms with Crippen molar-refractivity contribution in [1.29, 1.82) is 0 Å². The molecule has 132 valence electrons. The van der Waals surface area contributed by atoms with Gasteiger partial charge in [0.05, 0.1) is 17.6 Å². The Balaban J connectivity index is 1.54. The molecule has 0 bridgehead atoms. The average molecular weight is 367 g/mol. The number of amides is 1. The molecule has 1 N–H and O–H groups in total. The second-order valence-corrected chi connectivity index (χ2v) is 6.73. The SMILES string of the molecule is COc1ccc(C(=O)N2CC=C(c3c[nH]c4c(Cl)cccc34)CC2)cc1. The van der Waals surface area contributed by atoms with Crippen molar-refractivity contribution in [1.82, 2.24) is 9.88 Å². The molecule has 4 rings (SSSR count). The van der Waals surface area contributed by atoms with E-state index in [2.05, 4.69) is 17.1 Å². The Bertz CT molecular complexity index is 989. The summed E-state index contributed by atoms with van der Waals surface area (Å²) >= 11 is 6.25. The minimum atomic E-state index is 0.0462. The van der Waals surface area contributed by atoms with Gasteiger partial charge in [0.2, 0.25) is 0 Å². The van der Waals surface area contributed by atoms with Crippen LogP contribution in [0.3, 0.4) is 0 Å². The van der Waals surface area contributed by atoms with E-state index in [4.69, 9.17) is 16.3 Å². The Morgan fingerprint density at radius 1 is 1.19 bits per heavy atom. The van der Waals surface area contributed by atoms with Gasteiger partial charge in [-0.2, -0.15) is 0 Å². The van der Waals surface area contributed by atoms with Crippen molar-refractivity contribution in [3.8, 4) is 5.75 Å². The maximum atomic E-state index is 12.7. The maximum absolute atomic E-state index is 12.7. The topological polar surface area (TPSA) is 45.3 Å². The van der Waals surface area contributed by atoms with Crippen molar-refractivity contribution < 1.29 is 9.53 Å². The number of benzene rings is 2. The molecular weight excluding hydrogens is 348 g/mol. The van der Waals surface area contributed by atoms with Crippen LogP contribution in [-0.4, -0.2) is 36.0 Å². The van der Waals surface area contributed by atoms with Crippen molar-refractivity contribution in [2.75, 3.05) is 20.2 Å². The number of H-pyrrole nitrogens is 1. The molecule has 26 heavy (non-hydrogen) atoms. The third kappa shape index (κ3) is 2.97. The van der Waals surface area contributed by atoms with E-state index in [-0.39, 0.29) is 5.91 Å². The summed E-state index contributed by atoms with van der Waals surface area (Å²) in [6.07, 6.45) is 4.96. The Kier molecular flexibility index (Phi) is 4.43. The van der Waals surface area contributed by atoms with Crippen LogP contribution in [0.1, 0.15) is 22.3 Å². The fourth-order valence-corrected chi connectivity index (χ4v) is 3.63. The second kappa shape index (κ2) is 6.89. The molecular formula is C21H19ClN2O2. The molecule has 0 aliphatic carbocycles. The number of hydrogen-bond donors (Lipinski definition) is 1. The number of hydrogen-bond acceptors (Lipinski definition) is 2. The fraction of sp³-hybridized carbons (Fsp3) is 0.190. The highest BCUT2D eigenvalue weighted by molar-refractivity contribution is 6.35. The number of carbonyl (C=O) groups is 1. The maximum Gasteiger partial charge on any atom is 0.254 e. The lowest BCUT2D eigenvalue weighted by molar-refractivity contribution is 0.0773. The molecule has 0 saturated carbocycles. The van der Waals surface area contributed by atoms with Gasteiger partial charge < -0.3 is 14.6 Å². The van der Waals surface area contributed by atoms with Crippen LogP contribution in [0.4, 0.5) is 0 Å². The minimum absolute atomic E-state index is 0.0462. The van der Waals surface area contributed by atoms with Gasteiger partial charge in [0.15, 0.2) is 0 Å². The Morgan fingerprint density at radius 3 is 2.69 bits per heavy atom. The molecule has 1 aliphatic heterocycles. The molecule has 3 aromatic rings. The van der Waals surface area contributed by atoms with E-state index in [1.54, 1.807) is 7.11 Å². The molecule has 0 unspecified atom stereocenters. The van der Waals surface area contributed by atoms with Crippen molar-refractivity contribution in [2.45, 2.75) is 6.42 Å². The highest BCUT2D eigenvalue weighted by Crippen LogP contribution is 2.32. The number of carbonyl (C=O) groups excluding carboxylic acids is 1. The lowest BCUT2D eigenvalue weighted by Crippen LogP contribution is -2.34. The first-order valence-corrected chi connectivity index (χ1v) is 8.93. The van der Waals surface area contributed by atoms with Crippen molar-refractivity contribution in [2.24, 2.45) is 0 Å². The van der Waals surface area contributed by atoms with Crippen LogP contribution in [-0.2, 0) is 0 Å². The average Bonchev–Trinajstić information content (AvgIpc) is 3.13. The van der Waals surface area contributed by atoms with Crippen LogP contribution in [0.5, 0.6) is 5.75 Å². The number of methoxy groups -OCH3 is 1. The summed E-state index contributed by atoms with van der Waals surface area (Å²) in [5.41, 5.74) is 4.06. The molecule has 1 aromatic heterocycles. The fourth-order valence-electron chi connectivity index (χ4n) is 3.40. The van der Waals surface area contributed by atoms with Crippen LogP contribution in [0.25, 0.3) is 16.5 Å². The van der Waals surface area contributed by atoms with E-state index in [0.29, 0.717) is 18.7 Å². The third-order valence-electron chi connectivity index (χ3n) is 4.84. The van der Waals surface area contributed by atoms with Gasteiger partial charge in [0, 0.05) is 35.8 Å². The van der Waals surface area contributed by atoms with Crippen LogP contribution in [0.2, 0.25) is 5.02 Å². The summed E-state index contributed by atoms with van der Waals surface area (Å²) < 4.78 is 5.15. The zero-order valence-electron chi connectivity index (χ0n) is 14.5. The molecule has 4 nitrogen and oxygen atoms in total. The molecule has 1 amide bonds. The number of aromatic amines is 1. The van der Waals surface area contributed by atoms with Gasteiger partial charge >= 0.3 is 0 Å². The number of halogens is 1. The van der Waals surface area contributed by atoms with E-state index in [9.17, 15) is 4.79 Å². The lowest BCUT2D eigenvalue weighted by Gasteiger charge is -2.26. The largest absolute Gasteiger partial charge is 0.497 e. The van der Waals surface area contributed by atoms with Crippen LogP contribution in [0, 0.1) is 0 Å². The van der Waals surface area contributed by atoms with E-state index in [0.717, 1.165) is 28.1 Å². The molecule has 0 spiro atoms. The molecule has 2 aromatic carbocycles. The summed E-state index contributed by atoms with van der Waals surface area (Å²) in [4.78, 5) is 17.8. The standard InChI is InChI=1S/C21H19ClN2O2/c1-26-16-7-5-15(6-8-16)21(25)24-11-9-14(10-12-24)18-13-23-20-17(18)3-2-4-19(20)22/h2-9,13,23H,10-12H2,1H3. The summed E-state index contributed by atoms with van der Waals surface area (Å²) in [6.45, 7) is 1.30. The minimum Gasteiger partial charge on any atom is -0.497 e. The summed E-state index contributed by atoms with van der Waals surface area (Å²) in [5, 5.41) is 1.85. The highest BCUT2D eigenvalue weighted by atomic mass is 35.5. The first kappa shape index (κ1) is 16.7. The number of nitrogens with zero attached hydrogens (tertiary/aromatic N) is 1. The predicted octanol–water partition coefficient (Wildman–Crippen LogP) is 4.76. The van der Waals surface area contributed by atoms with Crippen molar-refractivity contribution >= 4 is 34.0 Å². The third-order valence-corrected chi connectivity index (χ3v) is 5.16. The van der Waals surface area contributed by atoms with Crippen LogP contribution in [0.15, 0.2) is 54.7 Å². The predicted molar refractivity (Wildman–Crippen MR) is 105 cm³/mol. The number of aromatic nitrogens is 1. The van der Waals surface area contributed by atoms with Crippen molar-refractivity contribution in [3.05, 3.63) is 70.9 Å². The van der Waals surface area contributed by atoms with Crippen LogP contribution >= 0.6 is 11.6 Å². The smallest absolute Gasteiger partial charge is 0.254 e. The molecule has 0 fully saturated rings. The molecule has 0 radical (unpaired) electrons. The summed E-state index contributed by atoms with van der Waals surface area (Å²) in [7, 11) is 1.62. The van der Waals surface area contributed by atoms with Gasteiger partial charge in [-0.1, -0.05) is 29.8 Å². The van der Waals surface area contributed by atoms with Crippen molar-refractivity contribution in [3.63, 3.8) is 0 Å². The van der Waals surface area contributed by atoms with Gasteiger partial charge in [-0.3, -0.25) is 4.79 Å². The van der Waals surface area contributed by atoms with Gasteiger partial charge in [-0.25, -0.2) is 0 Å². The van der Waals surface area contributed by atoms with Gasteiger partial charge in [0.25, 0.3) is 5.91 Å². The quantitative estimate of drug-likeness (QED) is 0.726. The monoisotopic (exact) mass is 366 g/mol. The van der Waals surface area contributed by atoms with Gasteiger partial charge in [-0.15, -0.1) is 0 Å².